The van der Waals surface area contributed by atoms with Crippen LogP contribution in [-0.2, 0) is 10.8 Å². The van der Waals surface area contributed by atoms with Crippen LogP contribution in [0.4, 0.5) is 0 Å². The van der Waals surface area contributed by atoms with Gasteiger partial charge in [0.2, 0.25) is 0 Å². The van der Waals surface area contributed by atoms with Crippen LogP contribution in [0.25, 0.3) is 56.4 Å². The second kappa shape index (κ2) is 11.0. The SMILES string of the molecule is CC1(C)CCC(C)(C)c2cc(-c3nc(-c4ccccc4)nc(-c4ccc(-c5ccc(-c6ccccc6)cc5)cc4)n3)ccc21. The first-order valence-electron chi connectivity index (χ1n) is 15.5. The maximum atomic E-state index is 5.06. The molecule has 0 atom stereocenters. The van der Waals surface area contributed by atoms with Gasteiger partial charge in [-0.15, -0.1) is 0 Å². The zero-order chi connectivity index (χ0) is 30.3. The summed E-state index contributed by atoms with van der Waals surface area (Å²) >= 11 is 0. The van der Waals surface area contributed by atoms with E-state index in [0.29, 0.717) is 17.5 Å². The van der Waals surface area contributed by atoms with Gasteiger partial charge in [-0.05, 0) is 63.1 Å². The van der Waals surface area contributed by atoms with E-state index in [9.17, 15) is 0 Å². The molecule has 0 saturated carbocycles. The molecule has 0 unspecified atom stereocenters. The minimum Gasteiger partial charge on any atom is -0.208 e. The third kappa shape index (κ3) is 5.35. The molecule has 0 bridgehead atoms. The van der Waals surface area contributed by atoms with Crippen molar-refractivity contribution in [2.45, 2.75) is 51.4 Å². The third-order valence-electron chi connectivity index (χ3n) is 9.25. The van der Waals surface area contributed by atoms with E-state index < -0.39 is 0 Å². The van der Waals surface area contributed by atoms with Crippen molar-refractivity contribution in [1.29, 1.82) is 0 Å². The lowest BCUT2D eigenvalue weighted by Gasteiger charge is -2.42. The topological polar surface area (TPSA) is 38.7 Å². The highest BCUT2D eigenvalue weighted by atomic mass is 15.0. The van der Waals surface area contributed by atoms with Gasteiger partial charge in [0.05, 0.1) is 0 Å². The summed E-state index contributed by atoms with van der Waals surface area (Å²) < 4.78 is 0. The lowest BCUT2D eigenvalue weighted by molar-refractivity contribution is 0.332. The fourth-order valence-electron chi connectivity index (χ4n) is 6.38. The van der Waals surface area contributed by atoms with E-state index in [2.05, 4.69) is 131 Å². The summed E-state index contributed by atoms with van der Waals surface area (Å²) in [6.07, 6.45) is 2.35. The van der Waals surface area contributed by atoms with Crippen molar-refractivity contribution >= 4 is 0 Å². The average Bonchev–Trinajstić information content (AvgIpc) is 3.07. The number of rotatable bonds is 5. The monoisotopic (exact) mass is 571 g/mol. The predicted octanol–water partition coefficient (Wildman–Crippen LogP) is 10.6. The van der Waals surface area contributed by atoms with E-state index in [1.165, 1.54) is 34.2 Å². The minimum atomic E-state index is 0.105. The van der Waals surface area contributed by atoms with Crippen LogP contribution in [0.2, 0.25) is 0 Å². The van der Waals surface area contributed by atoms with E-state index in [-0.39, 0.29) is 10.8 Å². The van der Waals surface area contributed by atoms with Crippen molar-refractivity contribution in [3.63, 3.8) is 0 Å². The molecular formula is C41H37N3. The van der Waals surface area contributed by atoms with Crippen LogP contribution in [0.15, 0.2) is 127 Å². The first-order chi connectivity index (χ1) is 21.3. The molecule has 3 nitrogen and oxygen atoms in total. The van der Waals surface area contributed by atoms with E-state index in [1.807, 2.05) is 24.3 Å². The van der Waals surface area contributed by atoms with Gasteiger partial charge in [-0.25, -0.2) is 15.0 Å². The molecular weight excluding hydrogens is 534 g/mol. The molecule has 0 N–H and O–H groups in total. The number of nitrogens with zero attached hydrogens (tertiary/aromatic N) is 3. The highest BCUT2D eigenvalue weighted by Crippen LogP contribution is 2.46. The molecule has 0 aliphatic heterocycles. The molecule has 1 heterocycles. The molecule has 0 fully saturated rings. The molecule has 7 rings (SSSR count). The van der Waals surface area contributed by atoms with Gasteiger partial charge in [-0.3, -0.25) is 0 Å². The second-order valence-corrected chi connectivity index (χ2v) is 13.2. The molecule has 44 heavy (non-hydrogen) atoms. The molecule has 0 amide bonds. The van der Waals surface area contributed by atoms with Crippen LogP contribution in [0.3, 0.4) is 0 Å². The Kier molecular flexibility index (Phi) is 6.97. The van der Waals surface area contributed by atoms with Gasteiger partial charge in [0.15, 0.2) is 17.5 Å². The van der Waals surface area contributed by atoms with E-state index in [4.69, 9.17) is 15.0 Å². The van der Waals surface area contributed by atoms with Crippen LogP contribution in [-0.4, -0.2) is 15.0 Å². The standard InChI is InChI=1S/C41H37N3/c1-40(2)25-26-41(3,4)36-27-34(23-24-35(36)40)39-43-37(32-13-9-6-10-14-32)42-38(44-39)33-21-19-31(20-22-33)30-17-15-29(16-18-30)28-11-7-5-8-12-28/h5-24,27H,25-26H2,1-4H3. The molecule has 1 aliphatic carbocycles. The van der Waals surface area contributed by atoms with Crippen LogP contribution in [0.1, 0.15) is 51.7 Å². The summed E-state index contributed by atoms with van der Waals surface area (Å²) in [5, 5.41) is 0. The smallest absolute Gasteiger partial charge is 0.164 e. The Hall–Kier alpha value is -4.89. The van der Waals surface area contributed by atoms with Gasteiger partial charge in [0.25, 0.3) is 0 Å². The summed E-state index contributed by atoms with van der Waals surface area (Å²) in [5.41, 5.74) is 10.8. The summed E-state index contributed by atoms with van der Waals surface area (Å²) in [6.45, 7) is 9.43. The molecule has 1 aromatic heterocycles. The van der Waals surface area contributed by atoms with Crippen LogP contribution in [0, 0.1) is 0 Å². The van der Waals surface area contributed by atoms with Crippen LogP contribution >= 0.6 is 0 Å². The Bertz CT molecular complexity index is 1920. The molecule has 1 aliphatic rings. The molecule has 0 radical (unpaired) electrons. The molecule has 5 aromatic carbocycles. The number of benzene rings is 5. The zero-order valence-electron chi connectivity index (χ0n) is 25.9. The second-order valence-electron chi connectivity index (χ2n) is 13.2. The third-order valence-corrected chi connectivity index (χ3v) is 9.25. The first kappa shape index (κ1) is 27.9. The van der Waals surface area contributed by atoms with Gasteiger partial charge >= 0.3 is 0 Å². The van der Waals surface area contributed by atoms with Gasteiger partial charge in [0.1, 0.15) is 0 Å². The molecule has 6 aromatic rings. The number of aromatic nitrogens is 3. The Labute approximate surface area is 260 Å². The fraction of sp³-hybridized carbons (Fsp3) is 0.195. The number of hydrogen-bond acceptors (Lipinski definition) is 3. The first-order valence-corrected chi connectivity index (χ1v) is 15.5. The average molecular weight is 572 g/mol. The van der Waals surface area contributed by atoms with Crippen LogP contribution < -0.4 is 0 Å². The van der Waals surface area contributed by atoms with E-state index >= 15 is 0 Å². The van der Waals surface area contributed by atoms with Gasteiger partial charge in [-0.2, -0.15) is 0 Å². The minimum absolute atomic E-state index is 0.105. The molecule has 216 valence electrons. The maximum Gasteiger partial charge on any atom is 0.164 e. The Balaban J connectivity index is 1.27. The summed E-state index contributed by atoms with van der Waals surface area (Å²) in [4.78, 5) is 15.0. The lowest BCUT2D eigenvalue weighted by atomic mass is 9.63. The number of fused-ring (bicyclic) bond motifs is 1. The van der Waals surface area contributed by atoms with Crippen molar-refractivity contribution in [2.24, 2.45) is 0 Å². The Morgan fingerprint density at radius 2 is 0.705 bits per heavy atom. The zero-order valence-corrected chi connectivity index (χ0v) is 25.9. The van der Waals surface area contributed by atoms with E-state index in [1.54, 1.807) is 0 Å². The maximum absolute atomic E-state index is 5.06. The largest absolute Gasteiger partial charge is 0.208 e. The quantitative estimate of drug-likeness (QED) is 0.207. The Morgan fingerprint density at radius 1 is 0.364 bits per heavy atom. The van der Waals surface area contributed by atoms with Crippen LogP contribution in [0.5, 0.6) is 0 Å². The van der Waals surface area contributed by atoms with Crippen molar-refractivity contribution in [3.8, 4) is 56.4 Å². The molecule has 0 spiro atoms. The predicted molar refractivity (Wildman–Crippen MR) is 182 cm³/mol. The normalized spacial score (nSPS) is 15.0. The number of hydrogen-bond donors (Lipinski definition) is 0. The van der Waals surface area contributed by atoms with Gasteiger partial charge in [0, 0.05) is 16.7 Å². The summed E-state index contributed by atoms with van der Waals surface area (Å²) in [6, 6.07) is 44.8. The lowest BCUT2D eigenvalue weighted by Crippen LogP contribution is -2.33. The van der Waals surface area contributed by atoms with Crippen molar-refractivity contribution in [3.05, 3.63) is 139 Å². The van der Waals surface area contributed by atoms with Crippen molar-refractivity contribution < 1.29 is 0 Å². The summed E-state index contributed by atoms with van der Waals surface area (Å²) in [7, 11) is 0. The Morgan fingerprint density at radius 3 is 1.20 bits per heavy atom. The molecule has 3 heteroatoms. The van der Waals surface area contributed by atoms with Crippen molar-refractivity contribution in [2.75, 3.05) is 0 Å². The summed E-state index contributed by atoms with van der Waals surface area (Å²) in [5.74, 6) is 2.07. The molecule has 0 saturated heterocycles. The van der Waals surface area contributed by atoms with E-state index in [0.717, 1.165) is 28.7 Å². The van der Waals surface area contributed by atoms with Gasteiger partial charge in [-0.1, -0.05) is 149 Å². The highest BCUT2D eigenvalue weighted by molar-refractivity contribution is 5.73. The fourth-order valence-corrected chi connectivity index (χ4v) is 6.38. The highest BCUT2D eigenvalue weighted by Gasteiger charge is 2.37. The van der Waals surface area contributed by atoms with Gasteiger partial charge < -0.3 is 0 Å². The van der Waals surface area contributed by atoms with Crippen molar-refractivity contribution in [1.82, 2.24) is 15.0 Å².